The molecule has 0 spiro atoms. The van der Waals surface area contributed by atoms with Gasteiger partial charge in [0.1, 0.15) is 0 Å². The molecule has 2 aromatic rings. The lowest BCUT2D eigenvalue weighted by Crippen LogP contribution is -2.12. The van der Waals surface area contributed by atoms with Crippen molar-refractivity contribution in [3.63, 3.8) is 0 Å². The summed E-state index contributed by atoms with van der Waals surface area (Å²) in [6, 6.07) is 4.03. The summed E-state index contributed by atoms with van der Waals surface area (Å²) in [6.45, 7) is 13.5. The average molecular weight is 199 g/mol. The van der Waals surface area contributed by atoms with E-state index in [0.29, 0.717) is 5.82 Å². The molecular weight excluding hydrogens is 186 g/mol. The second-order valence-electron chi connectivity index (χ2n) is 4.59. The van der Waals surface area contributed by atoms with Gasteiger partial charge in [-0.1, -0.05) is 27.3 Å². The molecule has 0 aliphatic carbocycles. The van der Waals surface area contributed by atoms with Crippen LogP contribution in [-0.2, 0) is 5.41 Å². The van der Waals surface area contributed by atoms with Gasteiger partial charge in [-0.05, 0) is 17.5 Å². The molecule has 3 heteroatoms. The van der Waals surface area contributed by atoms with Gasteiger partial charge < -0.3 is 4.85 Å². The Morgan fingerprint density at radius 2 is 2.13 bits per heavy atom. The second kappa shape index (κ2) is 3.09. The fourth-order valence-corrected chi connectivity index (χ4v) is 1.67. The standard InChI is InChI=1S/C12H13N3/c1-12(2,3)9-6-5-7-15-10(13-4)8-14-11(9)15/h5-8H,1-3H3. The predicted molar refractivity (Wildman–Crippen MR) is 60.2 cm³/mol. The quantitative estimate of drug-likeness (QED) is 0.597. The molecule has 0 bridgehead atoms. The van der Waals surface area contributed by atoms with Crippen molar-refractivity contribution in [1.29, 1.82) is 0 Å². The fourth-order valence-electron chi connectivity index (χ4n) is 1.67. The van der Waals surface area contributed by atoms with Crippen molar-refractivity contribution >= 4 is 11.5 Å². The van der Waals surface area contributed by atoms with Gasteiger partial charge >= 0.3 is 0 Å². The number of nitrogens with zero attached hydrogens (tertiary/aromatic N) is 3. The highest BCUT2D eigenvalue weighted by Crippen LogP contribution is 2.27. The van der Waals surface area contributed by atoms with Crippen molar-refractivity contribution in [2.45, 2.75) is 26.2 Å². The smallest absolute Gasteiger partial charge is 0.254 e. The minimum absolute atomic E-state index is 0.0488. The first kappa shape index (κ1) is 9.72. The van der Waals surface area contributed by atoms with Crippen LogP contribution in [0.3, 0.4) is 0 Å². The minimum Gasteiger partial charge on any atom is -0.362 e. The van der Waals surface area contributed by atoms with Crippen LogP contribution in [0.2, 0.25) is 0 Å². The Labute approximate surface area is 89.2 Å². The van der Waals surface area contributed by atoms with E-state index in [1.807, 2.05) is 16.7 Å². The van der Waals surface area contributed by atoms with Gasteiger partial charge in [-0.2, -0.15) is 0 Å². The molecule has 0 radical (unpaired) electrons. The Balaban J connectivity index is 2.80. The number of pyridine rings is 1. The monoisotopic (exact) mass is 199 g/mol. The maximum Gasteiger partial charge on any atom is 0.254 e. The van der Waals surface area contributed by atoms with Gasteiger partial charge in [0, 0.05) is 5.56 Å². The van der Waals surface area contributed by atoms with E-state index < -0.39 is 0 Å². The van der Waals surface area contributed by atoms with Crippen LogP contribution in [0.15, 0.2) is 24.5 Å². The van der Waals surface area contributed by atoms with Gasteiger partial charge in [0.15, 0.2) is 0 Å². The molecule has 0 aromatic carbocycles. The fraction of sp³-hybridized carbons (Fsp3) is 0.333. The molecule has 2 rings (SSSR count). The summed E-state index contributed by atoms with van der Waals surface area (Å²) in [6.07, 6.45) is 3.50. The van der Waals surface area contributed by atoms with Gasteiger partial charge in [0.2, 0.25) is 5.65 Å². The van der Waals surface area contributed by atoms with E-state index in [0.717, 1.165) is 5.65 Å². The first-order valence-corrected chi connectivity index (χ1v) is 4.88. The van der Waals surface area contributed by atoms with Gasteiger partial charge in [0.25, 0.3) is 5.82 Å². The molecular formula is C12H13N3. The Morgan fingerprint density at radius 3 is 2.73 bits per heavy atom. The number of imidazole rings is 1. The zero-order valence-electron chi connectivity index (χ0n) is 9.15. The zero-order valence-corrected chi connectivity index (χ0v) is 9.15. The van der Waals surface area contributed by atoms with Crippen LogP contribution in [0.4, 0.5) is 5.82 Å². The summed E-state index contributed by atoms with van der Waals surface area (Å²) in [7, 11) is 0. The summed E-state index contributed by atoms with van der Waals surface area (Å²) in [5.41, 5.74) is 2.10. The van der Waals surface area contributed by atoms with Crippen molar-refractivity contribution < 1.29 is 0 Å². The van der Waals surface area contributed by atoms with Crippen molar-refractivity contribution in [1.82, 2.24) is 9.38 Å². The summed E-state index contributed by atoms with van der Waals surface area (Å²) in [5, 5.41) is 0. The lowest BCUT2D eigenvalue weighted by atomic mass is 9.88. The third kappa shape index (κ3) is 1.48. The summed E-state index contributed by atoms with van der Waals surface area (Å²) in [5.74, 6) is 0.566. The molecule has 0 atom stereocenters. The Kier molecular flexibility index (Phi) is 2.01. The normalized spacial score (nSPS) is 11.6. The van der Waals surface area contributed by atoms with E-state index in [2.05, 4.69) is 36.7 Å². The van der Waals surface area contributed by atoms with Crippen LogP contribution >= 0.6 is 0 Å². The van der Waals surface area contributed by atoms with Crippen LogP contribution < -0.4 is 0 Å². The van der Waals surface area contributed by atoms with Crippen LogP contribution in [0.1, 0.15) is 26.3 Å². The van der Waals surface area contributed by atoms with Crippen LogP contribution in [0.25, 0.3) is 10.5 Å². The lowest BCUT2D eigenvalue weighted by Gasteiger charge is -2.17. The van der Waals surface area contributed by atoms with Crippen LogP contribution in [-0.4, -0.2) is 9.38 Å². The number of hydrogen-bond acceptors (Lipinski definition) is 1. The highest BCUT2D eigenvalue weighted by Gasteiger charge is 2.20. The largest absolute Gasteiger partial charge is 0.362 e. The van der Waals surface area contributed by atoms with Crippen LogP contribution in [0, 0.1) is 6.57 Å². The molecule has 0 unspecified atom stereocenters. The van der Waals surface area contributed by atoms with Crippen LogP contribution in [0.5, 0.6) is 0 Å². The summed E-state index contributed by atoms with van der Waals surface area (Å²) >= 11 is 0. The van der Waals surface area contributed by atoms with Crippen molar-refractivity contribution in [3.05, 3.63) is 41.5 Å². The Morgan fingerprint density at radius 1 is 1.40 bits per heavy atom. The summed E-state index contributed by atoms with van der Waals surface area (Å²) in [4.78, 5) is 7.74. The average Bonchev–Trinajstić information content (AvgIpc) is 2.58. The molecule has 2 aromatic heterocycles. The van der Waals surface area contributed by atoms with Crippen molar-refractivity contribution in [3.8, 4) is 0 Å². The molecule has 0 fully saturated rings. The molecule has 0 aliphatic rings. The second-order valence-corrected chi connectivity index (χ2v) is 4.59. The summed E-state index contributed by atoms with van der Waals surface area (Å²) < 4.78 is 1.84. The topological polar surface area (TPSA) is 21.7 Å². The molecule has 15 heavy (non-hydrogen) atoms. The molecule has 0 N–H and O–H groups in total. The molecule has 0 saturated carbocycles. The van der Waals surface area contributed by atoms with Crippen molar-refractivity contribution in [2.24, 2.45) is 0 Å². The molecule has 0 aliphatic heterocycles. The van der Waals surface area contributed by atoms with E-state index in [-0.39, 0.29) is 5.41 Å². The maximum absolute atomic E-state index is 7.03. The Hall–Kier alpha value is -1.82. The van der Waals surface area contributed by atoms with Crippen molar-refractivity contribution in [2.75, 3.05) is 0 Å². The number of fused-ring (bicyclic) bond motifs is 1. The molecule has 0 amide bonds. The van der Waals surface area contributed by atoms with Gasteiger partial charge in [-0.15, -0.1) is 0 Å². The van der Waals surface area contributed by atoms with E-state index in [4.69, 9.17) is 6.57 Å². The van der Waals surface area contributed by atoms with E-state index in [9.17, 15) is 0 Å². The molecule has 2 heterocycles. The SMILES string of the molecule is [C-]#[N+]c1cnc2c(C(C)(C)C)cccn12. The lowest BCUT2D eigenvalue weighted by molar-refractivity contribution is 0.592. The third-order valence-electron chi connectivity index (χ3n) is 2.44. The molecule has 76 valence electrons. The van der Waals surface area contributed by atoms with E-state index in [1.54, 1.807) is 6.20 Å². The zero-order chi connectivity index (χ0) is 11.1. The number of hydrogen-bond donors (Lipinski definition) is 0. The minimum atomic E-state index is 0.0488. The third-order valence-corrected chi connectivity index (χ3v) is 2.44. The number of aromatic nitrogens is 2. The highest BCUT2D eigenvalue weighted by molar-refractivity contribution is 5.58. The van der Waals surface area contributed by atoms with Gasteiger partial charge in [-0.25, -0.2) is 9.38 Å². The highest BCUT2D eigenvalue weighted by atomic mass is 15.1. The molecule has 0 saturated heterocycles. The van der Waals surface area contributed by atoms with E-state index >= 15 is 0 Å². The van der Waals surface area contributed by atoms with E-state index in [1.165, 1.54) is 5.56 Å². The molecule has 3 nitrogen and oxygen atoms in total. The predicted octanol–water partition coefficient (Wildman–Crippen LogP) is 3.18. The maximum atomic E-state index is 7.03. The number of rotatable bonds is 0. The first-order valence-electron chi connectivity index (χ1n) is 4.88. The van der Waals surface area contributed by atoms with Gasteiger partial charge in [0.05, 0.1) is 12.4 Å². The Bertz CT molecular complexity index is 538. The first-order chi connectivity index (χ1) is 7.04. The van der Waals surface area contributed by atoms with Gasteiger partial charge in [-0.3, -0.25) is 0 Å².